The minimum atomic E-state index is -0.108. The molecule has 22 heavy (non-hydrogen) atoms. The summed E-state index contributed by atoms with van der Waals surface area (Å²) in [6.07, 6.45) is 3.48. The van der Waals surface area contributed by atoms with Crippen molar-refractivity contribution < 1.29 is 4.79 Å². The highest BCUT2D eigenvalue weighted by atomic mass is 32.2. The molecule has 1 fully saturated rings. The van der Waals surface area contributed by atoms with Gasteiger partial charge in [0.1, 0.15) is 0 Å². The van der Waals surface area contributed by atoms with Gasteiger partial charge < -0.3 is 10.6 Å². The van der Waals surface area contributed by atoms with Gasteiger partial charge in [-0.15, -0.1) is 0 Å². The fourth-order valence-electron chi connectivity index (χ4n) is 3.17. The second-order valence-corrected chi connectivity index (χ2v) is 7.73. The number of urea groups is 1. The molecule has 1 aromatic rings. The van der Waals surface area contributed by atoms with Crippen molar-refractivity contribution in [2.75, 3.05) is 11.1 Å². The van der Waals surface area contributed by atoms with E-state index in [1.807, 2.05) is 30.3 Å². The van der Waals surface area contributed by atoms with Crippen LogP contribution in [0.1, 0.15) is 57.5 Å². The zero-order chi connectivity index (χ0) is 16.3. The van der Waals surface area contributed by atoms with E-state index in [0.29, 0.717) is 5.25 Å². The van der Waals surface area contributed by atoms with Crippen molar-refractivity contribution >= 4 is 23.5 Å². The zero-order valence-electron chi connectivity index (χ0n) is 14.3. The molecule has 5 nitrogen and oxygen atoms in total. The van der Waals surface area contributed by atoms with E-state index in [-0.39, 0.29) is 18.1 Å². The van der Waals surface area contributed by atoms with Crippen LogP contribution < -0.4 is 10.6 Å². The predicted molar refractivity (Wildman–Crippen MR) is 93.8 cm³/mol. The van der Waals surface area contributed by atoms with Crippen molar-refractivity contribution in [3.63, 3.8) is 0 Å². The van der Waals surface area contributed by atoms with E-state index in [2.05, 4.69) is 36.5 Å². The van der Waals surface area contributed by atoms with Gasteiger partial charge in [0.05, 0.1) is 17.1 Å². The number of rotatable bonds is 5. The number of hydrogen-bond donors (Lipinski definition) is 2. The minimum Gasteiger partial charge on any atom is -0.334 e. The first-order valence-corrected chi connectivity index (χ1v) is 9.23. The summed E-state index contributed by atoms with van der Waals surface area (Å²) in [7, 11) is 0. The molecule has 0 unspecified atom stereocenters. The molecule has 1 aliphatic carbocycles. The van der Waals surface area contributed by atoms with Gasteiger partial charge >= 0.3 is 6.03 Å². The predicted octanol–water partition coefficient (Wildman–Crippen LogP) is 3.88. The number of anilines is 1. The lowest BCUT2D eigenvalue weighted by Gasteiger charge is -2.20. The molecule has 6 heteroatoms. The first kappa shape index (κ1) is 17.2. The number of aromatic nitrogens is 2. The van der Waals surface area contributed by atoms with Gasteiger partial charge in [0.25, 0.3) is 0 Å². The van der Waals surface area contributed by atoms with Crippen LogP contribution in [0.15, 0.2) is 0 Å². The normalized spacial score (nSPS) is 21.4. The Bertz CT molecular complexity index is 526. The molecule has 0 aliphatic heterocycles. The Balaban J connectivity index is 2.00. The van der Waals surface area contributed by atoms with Gasteiger partial charge in [0, 0.05) is 17.3 Å². The summed E-state index contributed by atoms with van der Waals surface area (Å²) in [5.41, 5.74) is 2.71. The van der Waals surface area contributed by atoms with Crippen LogP contribution in [0.3, 0.4) is 0 Å². The van der Waals surface area contributed by atoms with Crippen molar-refractivity contribution in [1.82, 2.24) is 15.1 Å². The van der Waals surface area contributed by atoms with Crippen LogP contribution in [0, 0.1) is 13.8 Å². The molecule has 1 saturated carbocycles. The summed E-state index contributed by atoms with van der Waals surface area (Å²) in [5.74, 6) is 1.10. The van der Waals surface area contributed by atoms with Crippen LogP contribution in [-0.2, 0) is 0 Å². The van der Waals surface area contributed by atoms with Crippen LogP contribution in [0.4, 0.5) is 10.5 Å². The summed E-state index contributed by atoms with van der Waals surface area (Å²) in [6, 6.07) is 0.464. The molecule has 2 N–H and O–H groups in total. The molecule has 1 aliphatic rings. The van der Waals surface area contributed by atoms with Gasteiger partial charge in [-0.05, 0) is 46.3 Å². The number of nitrogens with zero attached hydrogens (tertiary/aromatic N) is 2. The first-order valence-electron chi connectivity index (χ1n) is 8.18. The molecular weight excluding hydrogens is 296 g/mol. The number of thioether (sulfide) groups is 1. The molecule has 0 spiro atoms. The van der Waals surface area contributed by atoms with Crippen molar-refractivity contribution in [3.05, 3.63) is 11.4 Å². The number of nitrogens with one attached hydrogen (secondary N) is 2. The van der Waals surface area contributed by atoms with Gasteiger partial charge in [-0.25, -0.2) is 4.79 Å². The van der Waals surface area contributed by atoms with Gasteiger partial charge in [-0.2, -0.15) is 16.9 Å². The molecule has 2 amide bonds. The fourth-order valence-corrected chi connectivity index (χ4v) is 4.37. The summed E-state index contributed by atoms with van der Waals surface area (Å²) in [5, 5.41) is 11.2. The van der Waals surface area contributed by atoms with Gasteiger partial charge in [0.15, 0.2) is 0 Å². The Kier molecular flexibility index (Phi) is 5.78. The Morgan fingerprint density at radius 3 is 2.73 bits per heavy atom. The maximum absolute atomic E-state index is 12.3. The van der Waals surface area contributed by atoms with Crippen molar-refractivity contribution in [1.29, 1.82) is 0 Å². The van der Waals surface area contributed by atoms with Crippen LogP contribution in [-0.4, -0.2) is 32.9 Å². The van der Waals surface area contributed by atoms with E-state index >= 15 is 0 Å². The Hall–Kier alpha value is -1.17. The molecule has 2 atom stereocenters. The lowest BCUT2D eigenvalue weighted by molar-refractivity contribution is 0.249. The molecule has 1 heterocycles. The Labute approximate surface area is 137 Å². The quantitative estimate of drug-likeness (QED) is 0.864. The summed E-state index contributed by atoms with van der Waals surface area (Å²) in [4.78, 5) is 12.3. The molecular formula is C16H28N4OS. The van der Waals surface area contributed by atoms with Crippen LogP contribution in [0.25, 0.3) is 0 Å². The second kappa shape index (κ2) is 7.40. The van der Waals surface area contributed by atoms with Crippen LogP contribution in [0.5, 0.6) is 0 Å². The van der Waals surface area contributed by atoms with E-state index in [4.69, 9.17) is 0 Å². The van der Waals surface area contributed by atoms with E-state index in [0.717, 1.165) is 29.2 Å². The van der Waals surface area contributed by atoms with Crippen molar-refractivity contribution in [2.24, 2.45) is 0 Å². The van der Waals surface area contributed by atoms with Crippen LogP contribution in [0.2, 0.25) is 0 Å². The smallest absolute Gasteiger partial charge is 0.319 e. The van der Waals surface area contributed by atoms with Crippen LogP contribution >= 0.6 is 11.8 Å². The lowest BCUT2D eigenvalue weighted by Crippen LogP contribution is -2.41. The largest absolute Gasteiger partial charge is 0.334 e. The maximum atomic E-state index is 12.3. The summed E-state index contributed by atoms with van der Waals surface area (Å²) in [6.45, 7) is 10.3. The highest BCUT2D eigenvalue weighted by molar-refractivity contribution is 7.99. The van der Waals surface area contributed by atoms with Gasteiger partial charge in [-0.3, -0.25) is 4.68 Å². The lowest BCUT2D eigenvalue weighted by atomic mass is 10.2. The van der Waals surface area contributed by atoms with E-state index < -0.39 is 0 Å². The monoisotopic (exact) mass is 324 g/mol. The second-order valence-electron chi connectivity index (χ2n) is 6.21. The average molecular weight is 324 g/mol. The Morgan fingerprint density at radius 1 is 1.41 bits per heavy atom. The molecule has 2 rings (SSSR count). The van der Waals surface area contributed by atoms with E-state index in [1.165, 1.54) is 12.8 Å². The molecule has 0 bridgehead atoms. The number of hydrogen-bond acceptors (Lipinski definition) is 3. The third kappa shape index (κ3) is 3.77. The standard InChI is InChI=1S/C16H28N4OS/c1-6-22-14-9-7-8-13(14)17-16(21)18-15-11(4)19-20(10(2)3)12(15)5/h10,13-14H,6-9H2,1-5H3,(H2,17,18,21)/t13-,14-/m0/s1. The SMILES string of the molecule is CCS[C@H]1CCC[C@@H]1NC(=O)Nc1c(C)nn(C(C)C)c1C. The third-order valence-electron chi connectivity index (χ3n) is 4.20. The summed E-state index contributed by atoms with van der Waals surface area (Å²) < 4.78 is 1.95. The maximum Gasteiger partial charge on any atom is 0.319 e. The molecule has 124 valence electrons. The summed E-state index contributed by atoms with van der Waals surface area (Å²) >= 11 is 1.95. The topological polar surface area (TPSA) is 59.0 Å². The molecule has 0 radical (unpaired) electrons. The zero-order valence-corrected chi connectivity index (χ0v) is 15.1. The number of carbonyl (C=O) groups is 1. The highest BCUT2D eigenvalue weighted by Gasteiger charge is 2.28. The Morgan fingerprint density at radius 2 is 2.14 bits per heavy atom. The average Bonchev–Trinajstić information content (AvgIpc) is 2.99. The fraction of sp³-hybridized carbons (Fsp3) is 0.750. The number of amides is 2. The van der Waals surface area contributed by atoms with Crippen molar-refractivity contribution in [2.45, 2.75) is 71.2 Å². The van der Waals surface area contributed by atoms with E-state index in [9.17, 15) is 4.79 Å². The highest BCUT2D eigenvalue weighted by Crippen LogP contribution is 2.30. The number of carbonyl (C=O) groups excluding carboxylic acids is 1. The van der Waals surface area contributed by atoms with Gasteiger partial charge in [-0.1, -0.05) is 13.3 Å². The molecule has 1 aromatic heterocycles. The third-order valence-corrected chi connectivity index (χ3v) is 5.53. The molecule has 0 aromatic carbocycles. The number of aryl methyl sites for hydroxylation is 1. The minimum absolute atomic E-state index is 0.108. The first-order chi connectivity index (χ1) is 10.4. The van der Waals surface area contributed by atoms with Gasteiger partial charge in [0.2, 0.25) is 0 Å². The van der Waals surface area contributed by atoms with E-state index in [1.54, 1.807) is 0 Å². The molecule has 0 saturated heterocycles. The van der Waals surface area contributed by atoms with Crippen molar-refractivity contribution in [3.8, 4) is 0 Å².